The van der Waals surface area contributed by atoms with Gasteiger partial charge >= 0.3 is 6.01 Å². The molecule has 146 valence electrons. The van der Waals surface area contributed by atoms with Gasteiger partial charge in [0, 0.05) is 35.9 Å². The Balaban J connectivity index is 1.63. The van der Waals surface area contributed by atoms with E-state index in [1.807, 2.05) is 45.3 Å². The molecule has 0 saturated heterocycles. The Morgan fingerprint density at radius 3 is 2.82 bits per heavy atom. The Morgan fingerprint density at radius 2 is 2.00 bits per heavy atom. The van der Waals surface area contributed by atoms with Crippen molar-refractivity contribution in [2.45, 2.75) is 19.9 Å². The molecule has 2 heterocycles. The number of phenolic OH excluding ortho intramolecular Hbond substituents is 1. The lowest BCUT2D eigenvalue weighted by molar-refractivity contribution is 0.244. The number of anilines is 1. The van der Waals surface area contributed by atoms with Crippen molar-refractivity contribution in [2.24, 2.45) is 0 Å². The molecular weight excluding hydrogens is 352 g/mol. The number of aromatic nitrogens is 2. The van der Waals surface area contributed by atoms with Gasteiger partial charge in [-0.3, -0.25) is 0 Å². The van der Waals surface area contributed by atoms with E-state index in [0.717, 1.165) is 47.4 Å². The summed E-state index contributed by atoms with van der Waals surface area (Å²) in [6.45, 7) is 4.95. The van der Waals surface area contributed by atoms with Crippen molar-refractivity contribution in [3.63, 3.8) is 0 Å². The molecule has 4 rings (SSSR count). The maximum absolute atomic E-state index is 10.2. The number of fused-ring (bicyclic) bond motifs is 2. The number of likely N-dealkylation sites (N-methyl/N-ethyl adjacent to an activating group) is 1. The first-order valence-electron chi connectivity index (χ1n) is 9.62. The number of hydrogen-bond acceptors (Lipinski definition) is 6. The molecule has 0 aliphatic carbocycles. The van der Waals surface area contributed by atoms with Crippen LogP contribution in [0.25, 0.3) is 10.8 Å². The van der Waals surface area contributed by atoms with E-state index in [1.165, 1.54) is 5.56 Å². The van der Waals surface area contributed by atoms with Crippen LogP contribution in [0.2, 0.25) is 0 Å². The third kappa shape index (κ3) is 3.73. The van der Waals surface area contributed by atoms with Gasteiger partial charge in [0.05, 0.1) is 12.2 Å². The maximum Gasteiger partial charge on any atom is 0.316 e. The van der Waals surface area contributed by atoms with Crippen LogP contribution in [0.3, 0.4) is 0 Å². The van der Waals surface area contributed by atoms with Crippen LogP contribution < -0.4 is 9.64 Å². The van der Waals surface area contributed by atoms with Crippen LogP contribution in [0.1, 0.15) is 17.0 Å². The predicted octanol–water partition coefficient (Wildman–Crippen LogP) is 3.15. The second-order valence-electron chi connectivity index (χ2n) is 7.53. The molecule has 1 aliphatic rings. The lowest BCUT2D eigenvalue weighted by Gasteiger charge is -2.31. The molecule has 2 aromatic carbocycles. The fraction of sp³-hybridized carbons (Fsp3) is 0.364. The molecule has 0 amide bonds. The van der Waals surface area contributed by atoms with E-state index in [4.69, 9.17) is 9.72 Å². The monoisotopic (exact) mass is 378 g/mol. The number of hydrogen-bond donors (Lipinski definition) is 1. The number of ether oxygens (including phenoxy) is 1. The van der Waals surface area contributed by atoms with E-state index in [1.54, 1.807) is 6.07 Å². The lowest BCUT2D eigenvalue weighted by Crippen LogP contribution is -2.32. The zero-order valence-electron chi connectivity index (χ0n) is 16.6. The molecule has 0 atom stereocenters. The van der Waals surface area contributed by atoms with Crippen molar-refractivity contribution in [3.8, 4) is 11.8 Å². The maximum atomic E-state index is 10.2. The van der Waals surface area contributed by atoms with Crippen molar-refractivity contribution in [3.05, 3.63) is 53.3 Å². The number of benzene rings is 2. The van der Waals surface area contributed by atoms with Gasteiger partial charge in [-0.1, -0.05) is 24.3 Å². The molecule has 0 saturated carbocycles. The van der Waals surface area contributed by atoms with Crippen LogP contribution in [0.15, 0.2) is 36.4 Å². The standard InChI is InChI=1S/C22H26N4O2/c1-15-18-8-9-26(14-20(18)24-22(23-15)28-11-10-25(2)3)21-13-17(27)12-16-6-4-5-7-19(16)21/h4-7,12-13,27H,8-11,14H2,1-3H3. The molecule has 0 radical (unpaired) electrons. The third-order valence-electron chi connectivity index (χ3n) is 5.19. The SMILES string of the molecule is Cc1nc(OCCN(C)C)nc2c1CCN(c1cc(O)cc3ccccc13)C2. The minimum atomic E-state index is 0.283. The molecule has 6 heteroatoms. The van der Waals surface area contributed by atoms with Crippen molar-refractivity contribution in [2.75, 3.05) is 38.7 Å². The van der Waals surface area contributed by atoms with E-state index in [2.05, 4.69) is 20.9 Å². The smallest absolute Gasteiger partial charge is 0.316 e. The van der Waals surface area contributed by atoms with E-state index in [0.29, 0.717) is 19.2 Å². The van der Waals surface area contributed by atoms with Crippen molar-refractivity contribution < 1.29 is 9.84 Å². The van der Waals surface area contributed by atoms with Crippen LogP contribution in [-0.2, 0) is 13.0 Å². The summed E-state index contributed by atoms with van der Waals surface area (Å²) in [5.41, 5.74) is 4.24. The minimum absolute atomic E-state index is 0.283. The average Bonchev–Trinajstić information content (AvgIpc) is 2.66. The zero-order valence-corrected chi connectivity index (χ0v) is 16.6. The van der Waals surface area contributed by atoms with Gasteiger partial charge in [-0.2, -0.15) is 4.98 Å². The second kappa shape index (κ2) is 7.64. The summed E-state index contributed by atoms with van der Waals surface area (Å²) in [7, 11) is 4.03. The molecule has 3 aromatic rings. The molecular formula is C22H26N4O2. The highest BCUT2D eigenvalue weighted by atomic mass is 16.5. The van der Waals surface area contributed by atoms with E-state index < -0.39 is 0 Å². The normalized spacial score (nSPS) is 13.8. The number of phenols is 1. The summed E-state index contributed by atoms with van der Waals surface area (Å²) >= 11 is 0. The number of aryl methyl sites for hydroxylation is 1. The highest BCUT2D eigenvalue weighted by Crippen LogP contribution is 2.34. The fourth-order valence-corrected chi connectivity index (χ4v) is 3.72. The molecule has 1 N–H and O–H groups in total. The van der Waals surface area contributed by atoms with Gasteiger partial charge in [0.1, 0.15) is 12.4 Å². The molecule has 0 spiro atoms. The second-order valence-corrected chi connectivity index (χ2v) is 7.53. The van der Waals surface area contributed by atoms with Crippen molar-refractivity contribution in [1.29, 1.82) is 0 Å². The van der Waals surface area contributed by atoms with Crippen LogP contribution in [0.5, 0.6) is 11.8 Å². The van der Waals surface area contributed by atoms with Crippen molar-refractivity contribution >= 4 is 16.5 Å². The summed E-state index contributed by atoms with van der Waals surface area (Å²) in [5.74, 6) is 0.283. The number of rotatable bonds is 5. The largest absolute Gasteiger partial charge is 0.508 e. The van der Waals surface area contributed by atoms with Crippen LogP contribution in [0, 0.1) is 6.92 Å². The molecule has 6 nitrogen and oxygen atoms in total. The quantitative estimate of drug-likeness (QED) is 0.736. The first-order valence-corrected chi connectivity index (χ1v) is 9.62. The van der Waals surface area contributed by atoms with Crippen LogP contribution in [0.4, 0.5) is 5.69 Å². The Hall–Kier alpha value is -2.86. The van der Waals surface area contributed by atoms with E-state index in [9.17, 15) is 5.11 Å². The molecule has 1 aliphatic heterocycles. The van der Waals surface area contributed by atoms with E-state index >= 15 is 0 Å². The Kier molecular flexibility index (Phi) is 5.05. The molecule has 1 aromatic heterocycles. The minimum Gasteiger partial charge on any atom is -0.508 e. The van der Waals surface area contributed by atoms with Crippen LogP contribution >= 0.6 is 0 Å². The average molecular weight is 378 g/mol. The topological polar surface area (TPSA) is 61.7 Å². The number of aromatic hydroxyl groups is 1. The Labute approximate surface area is 165 Å². The molecule has 0 bridgehead atoms. The summed E-state index contributed by atoms with van der Waals surface area (Å²) < 4.78 is 5.77. The van der Waals surface area contributed by atoms with Gasteiger partial charge in [-0.25, -0.2) is 4.98 Å². The van der Waals surface area contributed by atoms with Gasteiger partial charge in [0.15, 0.2) is 0 Å². The summed E-state index contributed by atoms with van der Waals surface area (Å²) in [4.78, 5) is 13.6. The Morgan fingerprint density at radius 1 is 1.18 bits per heavy atom. The van der Waals surface area contributed by atoms with E-state index in [-0.39, 0.29) is 5.75 Å². The molecule has 28 heavy (non-hydrogen) atoms. The van der Waals surface area contributed by atoms with Gasteiger partial charge in [0.25, 0.3) is 0 Å². The zero-order chi connectivity index (χ0) is 19.7. The predicted molar refractivity (Wildman–Crippen MR) is 111 cm³/mol. The summed E-state index contributed by atoms with van der Waals surface area (Å²) in [5, 5.41) is 12.4. The van der Waals surface area contributed by atoms with Crippen molar-refractivity contribution in [1.82, 2.24) is 14.9 Å². The molecule has 0 fully saturated rings. The van der Waals surface area contributed by atoms with Gasteiger partial charge < -0.3 is 19.6 Å². The Bertz CT molecular complexity index is 1000. The van der Waals surface area contributed by atoms with Gasteiger partial charge in [0.2, 0.25) is 0 Å². The highest BCUT2D eigenvalue weighted by molar-refractivity contribution is 5.95. The van der Waals surface area contributed by atoms with Gasteiger partial charge in [-0.15, -0.1) is 0 Å². The first-order chi connectivity index (χ1) is 13.5. The van der Waals surface area contributed by atoms with Gasteiger partial charge in [-0.05, 0) is 44.5 Å². The fourth-order valence-electron chi connectivity index (χ4n) is 3.72. The van der Waals surface area contributed by atoms with Crippen LogP contribution in [-0.4, -0.2) is 53.8 Å². The first kappa shape index (κ1) is 18.5. The highest BCUT2D eigenvalue weighted by Gasteiger charge is 2.23. The number of nitrogens with zero attached hydrogens (tertiary/aromatic N) is 4. The lowest BCUT2D eigenvalue weighted by atomic mass is 10.0. The summed E-state index contributed by atoms with van der Waals surface area (Å²) in [6.07, 6.45) is 0.878. The molecule has 0 unspecified atom stereocenters. The summed E-state index contributed by atoms with van der Waals surface area (Å²) in [6, 6.07) is 12.2. The third-order valence-corrected chi connectivity index (χ3v) is 5.19.